The summed E-state index contributed by atoms with van der Waals surface area (Å²) in [6.45, 7) is 4.68. The van der Waals surface area contributed by atoms with Crippen LogP contribution in [0.2, 0.25) is 0 Å². The second-order valence-corrected chi connectivity index (χ2v) is 6.97. The zero-order valence-electron chi connectivity index (χ0n) is 13.3. The van der Waals surface area contributed by atoms with Crippen molar-refractivity contribution in [3.63, 3.8) is 0 Å². The van der Waals surface area contributed by atoms with Gasteiger partial charge in [0.1, 0.15) is 11.5 Å². The lowest BCUT2D eigenvalue weighted by Crippen LogP contribution is -2.47. The zero-order chi connectivity index (χ0) is 15.8. The zero-order valence-corrected chi connectivity index (χ0v) is 13.3. The van der Waals surface area contributed by atoms with Gasteiger partial charge in [-0.05, 0) is 48.2 Å². The molecule has 0 saturated heterocycles. The normalized spacial score (nSPS) is 28.5. The van der Waals surface area contributed by atoms with E-state index in [1.807, 2.05) is 0 Å². The molecule has 0 spiro atoms. The molecule has 0 radical (unpaired) electrons. The van der Waals surface area contributed by atoms with Gasteiger partial charge in [0, 0.05) is 10.8 Å². The lowest BCUT2D eigenvalue weighted by molar-refractivity contribution is 0.171. The smallest absolute Gasteiger partial charge is 0.115 e. The van der Waals surface area contributed by atoms with Gasteiger partial charge < -0.3 is 10.2 Å². The highest BCUT2D eigenvalue weighted by molar-refractivity contribution is 5.41. The van der Waals surface area contributed by atoms with Gasteiger partial charge in [-0.3, -0.25) is 0 Å². The summed E-state index contributed by atoms with van der Waals surface area (Å²) >= 11 is 0. The summed E-state index contributed by atoms with van der Waals surface area (Å²) in [4.78, 5) is 0. The van der Waals surface area contributed by atoms with E-state index < -0.39 is 0 Å². The largest absolute Gasteiger partial charge is 0.508 e. The Morgan fingerprint density at radius 3 is 1.27 bits per heavy atom. The second-order valence-electron chi connectivity index (χ2n) is 6.97. The van der Waals surface area contributed by atoms with Gasteiger partial charge in [-0.25, -0.2) is 0 Å². The lowest BCUT2D eigenvalue weighted by atomic mass is 9.52. The first-order chi connectivity index (χ1) is 10.5. The molecule has 116 valence electrons. The third-order valence-electron chi connectivity index (χ3n) is 5.83. The number of rotatable bonds is 2. The van der Waals surface area contributed by atoms with Crippen LogP contribution in [0.4, 0.5) is 0 Å². The minimum Gasteiger partial charge on any atom is -0.508 e. The van der Waals surface area contributed by atoms with Crippen molar-refractivity contribution in [1.29, 1.82) is 0 Å². The molecule has 2 unspecified atom stereocenters. The molecule has 0 bridgehead atoms. The predicted molar refractivity (Wildman–Crippen MR) is 89.4 cm³/mol. The molecule has 3 rings (SSSR count). The molecule has 1 aliphatic rings. The van der Waals surface area contributed by atoms with Crippen LogP contribution < -0.4 is 0 Å². The topological polar surface area (TPSA) is 40.5 Å². The van der Waals surface area contributed by atoms with Crippen LogP contribution in [-0.2, 0) is 10.8 Å². The van der Waals surface area contributed by atoms with Crippen molar-refractivity contribution in [3.8, 4) is 11.5 Å². The lowest BCUT2D eigenvalue weighted by Gasteiger charge is -2.51. The first-order valence-corrected chi connectivity index (χ1v) is 8.05. The Bertz CT molecular complexity index is 585. The van der Waals surface area contributed by atoms with E-state index in [4.69, 9.17) is 0 Å². The van der Waals surface area contributed by atoms with Gasteiger partial charge >= 0.3 is 0 Å². The highest BCUT2D eigenvalue weighted by Crippen LogP contribution is 2.53. The third-order valence-corrected chi connectivity index (χ3v) is 5.83. The number of hydrogen-bond acceptors (Lipinski definition) is 2. The first kappa shape index (κ1) is 15.0. The summed E-state index contributed by atoms with van der Waals surface area (Å²) in [5.41, 5.74) is 2.60. The van der Waals surface area contributed by atoms with Crippen molar-refractivity contribution in [2.24, 2.45) is 0 Å². The molecular weight excluding hydrogens is 272 g/mol. The Kier molecular flexibility index (Phi) is 3.64. The highest BCUT2D eigenvalue weighted by atomic mass is 16.3. The van der Waals surface area contributed by atoms with Crippen LogP contribution in [0.5, 0.6) is 11.5 Å². The Hall–Kier alpha value is -1.96. The van der Waals surface area contributed by atoms with Gasteiger partial charge in [0.25, 0.3) is 0 Å². The van der Waals surface area contributed by atoms with Crippen molar-refractivity contribution in [3.05, 3.63) is 59.7 Å². The quantitative estimate of drug-likeness (QED) is 0.828. The Morgan fingerprint density at radius 1 is 0.636 bits per heavy atom. The second kappa shape index (κ2) is 5.35. The van der Waals surface area contributed by atoms with Crippen molar-refractivity contribution < 1.29 is 10.2 Å². The van der Waals surface area contributed by atoms with Gasteiger partial charge in [0.2, 0.25) is 0 Å². The predicted octanol–water partition coefficient (Wildman–Crippen LogP) is 4.89. The van der Waals surface area contributed by atoms with Gasteiger partial charge in [-0.1, -0.05) is 51.0 Å². The van der Waals surface area contributed by atoms with E-state index in [0.29, 0.717) is 11.5 Å². The van der Waals surface area contributed by atoms with E-state index in [-0.39, 0.29) is 10.8 Å². The van der Waals surface area contributed by atoms with Crippen LogP contribution in [0.1, 0.15) is 50.7 Å². The van der Waals surface area contributed by atoms with Crippen LogP contribution in [0.3, 0.4) is 0 Å². The molecular formula is C20H24O2. The number of phenols is 2. The molecule has 0 amide bonds. The van der Waals surface area contributed by atoms with Crippen molar-refractivity contribution >= 4 is 0 Å². The monoisotopic (exact) mass is 296 g/mol. The third kappa shape index (κ3) is 2.27. The molecule has 0 aromatic heterocycles. The van der Waals surface area contributed by atoms with Crippen LogP contribution >= 0.6 is 0 Å². The van der Waals surface area contributed by atoms with E-state index in [9.17, 15) is 10.2 Å². The highest BCUT2D eigenvalue weighted by Gasteiger charge is 2.48. The molecule has 0 heterocycles. The summed E-state index contributed by atoms with van der Waals surface area (Å²) in [7, 11) is 0. The molecule has 1 fully saturated rings. The van der Waals surface area contributed by atoms with Crippen molar-refractivity contribution in [2.75, 3.05) is 0 Å². The van der Waals surface area contributed by atoms with Gasteiger partial charge in [-0.2, -0.15) is 0 Å². The standard InChI is InChI=1S/C20H24O2/c1-19(15-5-9-17(21)10-6-15)13-3-4-14-20(19,2)16-7-11-18(22)12-8-16/h5-12,21-22H,3-4,13-14H2,1-2H3. The Balaban J connectivity index is 2.10. The molecule has 2 aromatic rings. The first-order valence-electron chi connectivity index (χ1n) is 8.05. The van der Waals surface area contributed by atoms with Gasteiger partial charge in [0.15, 0.2) is 0 Å². The maximum Gasteiger partial charge on any atom is 0.115 e. The van der Waals surface area contributed by atoms with E-state index in [2.05, 4.69) is 38.1 Å². The molecule has 0 aliphatic heterocycles. The molecule has 2 N–H and O–H groups in total. The molecule has 2 heteroatoms. The number of phenolic OH excluding ortho intramolecular Hbond substituents is 2. The number of benzene rings is 2. The average Bonchev–Trinajstić information content (AvgIpc) is 2.51. The molecule has 2 nitrogen and oxygen atoms in total. The molecule has 2 atom stereocenters. The summed E-state index contributed by atoms with van der Waals surface area (Å²) in [5.74, 6) is 0.629. The summed E-state index contributed by atoms with van der Waals surface area (Å²) in [6.07, 6.45) is 4.72. The fourth-order valence-electron chi connectivity index (χ4n) is 4.09. The SMILES string of the molecule is CC1(c2ccc(O)cc2)CCCCC1(C)c1ccc(O)cc1. The number of hydrogen-bond donors (Lipinski definition) is 2. The van der Waals surface area contributed by atoms with Gasteiger partial charge in [-0.15, -0.1) is 0 Å². The summed E-state index contributed by atoms with van der Waals surface area (Å²) < 4.78 is 0. The maximum atomic E-state index is 9.59. The Morgan fingerprint density at radius 2 is 0.955 bits per heavy atom. The van der Waals surface area contributed by atoms with Crippen molar-refractivity contribution in [1.82, 2.24) is 0 Å². The van der Waals surface area contributed by atoms with Crippen molar-refractivity contribution in [2.45, 2.75) is 50.4 Å². The molecule has 2 aromatic carbocycles. The molecule has 1 saturated carbocycles. The number of aromatic hydroxyl groups is 2. The minimum absolute atomic E-state index is 0.0237. The van der Waals surface area contributed by atoms with E-state index in [1.54, 1.807) is 24.3 Å². The van der Waals surface area contributed by atoms with Crippen LogP contribution in [0.15, 0.2) is 48.5 Å². The fraction of sp³-hybridized carbons (Fsp3) is 0.400. The molecule has 1 aliphatic carbocycles. The van der Waals surface area contributed by atoms with E-state index in [0.717, 1.165) is 12.8 Å². The van der Waals surface area contributed by atoms with Crippen LogP contribution in [0, 0.1) is 0 Å². The minimum atomic E-state index is 0.0237. The van der Waals surface area contributed by atoms with Gasteiger partial charge in [0.05, 0.1) is 0 Å². The fourth-order valence-corrected chi connectivity index (χ4v) is 4.09. The molecule has 22 heavy (non-hydrogen) atoms. The Labute approximate surface area is 132 Å². The van der Waals surface area contributed by atoms with Crippen LogP contribution in [-0.4, -0.2) is 10.2 Å². The summed E-state index contributed by atoms with van der Waals surface area (Å²) in [5, 5.41) is 19.2. The van der Waals surface area contributed by atoms with Crippen LogP contribution in [0.25, 0.3) is 0 Å². The average molecular weight is 296 g/mol. The van der Waals surface area contributed by atoms with E-state index >= 15 is 0 Å². The summed E-state index contributed by atoms with van der Waals surface area (Å²) in [6, 6.07) is 15.4. The van der Waals surface area contributed by atoms with E-state index in [1.165, 1.54) is 24.0 Å². The maximum absolute atomic E-state index is 9.59.